The minimum Gasteiger partial charge on any atom is -0.463 e. The van der Waals surface area contributed by atoms with Crippen LogP contribution in [0.5, 0.6) is 0 Å². The van der Waals surface area contributed by atoms with Gasteiger partial charge in [0.05, 0.1) is 17.5 Å². The Hall–Kier alpha value is -2.14. The molecule has 5 nitrogen and oxygen atoms in total. The molecular formula is C16H19N3O2. The number of hydrogen-bond acceptors (Lipinski definition) is 4. The summed E-state index contributed by atoms with van der Waals surface area (Å²) in [5, 5.41) is 3.01. The van der Waals surface area contributed by atoms with Gasteiger partial charge in [-0.15, -0.1) is 0 Å². The third kappa shape index (κ3) is 2.97. The molecule has 1 fully saturated rings. The molecule has 0 saturated heterocycles. The summed E-state index contributed by atoms with van der Waals surface area (Å²) in [4.78, 5) is 16.8. The van der Waals surface area contributed by atoms with Crippen molar-refractivity contribution in [2.24, 2.45) is 11.7 Å². The van der Waals surface area contributed by atoms with Crippen LogP contribution < -0.4 is 11.1 Å². The molecule has 2 heterocycles. The molecule has 0 radical (unpaired) electrons. The van der Waals surface area contributed by atoms with E-state index in [2.05, 4.69) is 10.3 Å². The summed E-state index contributed by atoms with van der Waals surface area (Å²) in [6.07, 6.45) is 3.90. The Kier molecular flexibility index (Phi) is 3.75. The zero-order chi connectivity index (χ0) is 14.8. The molecule has 1 amide bonds. The summed E-state index contributed by atoms with van der Waals surface area (Å²) >= 11 is 0. The number of hydrogen-bond donors (Lipinski definition) is 2. The van der Waals surface area contributed by atoms with E-state index in [0.29, 0.717) is 29.5 Å². The molecule has 1 unspecified atom stereocenters. The number of nitrogens with two attached hydrogens (primary N) is 1. The average Bonchev–Trinajstić information content (AvgIpc) is 3.18. The van der Waals surface area contributed by atoms with Crippen LogP contribution in [0.15, 0.2) is 34.9 Å². The first-order valence-corrected chi connectivity index (χ1v) is 7.21. The predicted octanol–water partition coefficient (Wildman–Crippen LogP) is 2.12. The van der Waals surface area contributed by atoms with Crippen LogP contribution in [0, 0.1) is 12.8 Å². The number of carbonyl (C=O) groups excluding carboxylic acids is 1. The number of furan rings is 1. The number of carbonyl (C=O) groups is 1. The van der Waals surface area contributed by atoms with E-state index in [0.717, 1.165) is 18.5 Å². The largest absolute Gasteiger partial charge is 0.463 e. The molecule has 0 aromatic carbocycles. The monoisotopic (exact) mass is 285 g/mol. The molecule has 2 aromatic heterocycles. The van der Waals surface area contributed by atoms with E-state index in [4.69, 9.17) is 10.2 Å². The first-order valence-electron chi connectivity index (χ1n) is 7.21. The number of aryl methyl sites for hydroxylation is 1. The molecular weight excluding hydrogens is 266 g/mol. The standard InChI is InChI=1S/C16H19N3O2/c1-10-12(16(20)19-14(9-17)11-4-5-11)6-7-13(18-10)15-3-2-8-21-15/h2-3,6-8,11,14H,4-5,9,17H2,1H3,(H,19,20). The van der Waals surface area contributed by atoms with Crippen molar-refractivity contribution in [1.82, 2.24) is 10.3 Å². The highest BCUT2D eigenvalue weighted by molar-refractivity contribution is 5.95. The van der Waals surface area contributed by atoms with Gasteiger partial charge in [0.1, 0.15) is 5.69 Å². The molecule has 110 valence electrons. The smallest absolute Gasteiger partial charge is 0.253 e. The maximum atomic E-state index is 12.3. The van der Waals surface area contributed by atoms with Gasteiger partial charge in [-0.25, -0.2) is 4.98 Å². The number of aromatic nitrogens is 1. The molecule has 3 rings (SSSR count). The number of nitrogens with one attached hydrogen (secondary N) is 1. The lowest BCUT2D eigenvalue weighted by Crippen LogP contribution is -2.42. The van der Waals surface area contributed by atoms with Crippen molar-refractivity contribution in [2.75, 3.05) is 6.54 Å². The summed E-state index contributed by atoms with van der Waals surface area (Å²) in [6, 6.07) is 7.32. The van der Waals surface area contributed by atoms with Crippen LogP contribution in [0.3, 0.4) is 0 Å². The van der Waals surface area contributed by atoms with Gasteiger partial charge in [-0.2, -0.15) is 0 Å². The van der Waals surface area contributed by atoms with E-state index >= 15 is 0 Å². The lowest BCUT2D eigenvalue weighted by Gasteiger charge is -2.16. The van der Waals surface area contributed by atoms with E-state index in [1.165, 1.54) is 0 Å². The third-order valence-electron chi connectivity index (χ3n) is 3.87. The van der Waals surface area contributed by atoms with Crippen molar-refractivity contribution in [3.63, 3.8) is 0 Å². The van der Waals surface area contributed by atoms with Gasteiger partial charge in [-0.05, 0) is 49.9 Å². The second-order valence-corrected chi connectivity index (χ2v) is 5.46. The zero-order valence-electron chi connectivity index (χ0n) is 12.0. The highest BCUT2D eigenvalue weighted by Gasteiger charge is 2.31. The van der Waals surface area contributed by atoms with Crippen LogP contribution in [0.2, 0.25) is 0 Å². The molecule has 1 aliphatic rings. The average molecular weight is 285 g/mol. The van der Waals surface area contributed by atoms with Crippen LogP contribution in [0.1, 0.15) is 28.9 Å². The van der Waals surface area contributed by atoms with Crippen LogP contribution in [-0.4, -0.2) is 23.5 Å². The lowest BCUT2D eigenvalue weighted by molar-refractivity contribution is 0.0932. The summed E-state index contributed by atoms with van der Waals surface area (Å²) in [6.45, 7) is 2.31. The predicted molar refractivity (Wildman–Crippen MR) is 79.7 cm³/mol. The second-order valence-electron chi connectivity index (χ2n) is 5.46. The van der Waals surface area contributed by atoms with Gasteiger partial charge in [0.15, 0.2) is 5.76 Å². The second kappa shape index (κ2) is 5.69. The molecule has 21 heavy (non-hydrogen) atoms. The highest BCUT2D eigenvalue weighted by atomic mass is 16.3. The first kappa shape index (κ1) is 13.8. The number of rotatable bonds is 5. The number of pyridine rings is 1. The van der Waals surface area contributed by atoms with Crippen molar-refractivity contribution in [3.05, 3.63) is 41.8 Å². The van der Waals surface area contributed by atoms with Crippen molar-refractivity contribution in [1.29, 1.82) is 0 Å². The zero-order valence-corrected chi connectivity index (χ0v) is 12.0. The summed E-state index contributed by atoms with van der Waals surface area (Å²) in [5.74, 6) is 1.13. The van der Waals surface area contributed by atoms with Gasteiger partial charge in [0, 0.05) is 12.6 Å². The third-order valence-corrected chi connectivity index (χ3v) is 3.87. The lowest BCUT2D eigenvalue weighted by atomic mass is 10.1. The van der Waals surface area contributed by atoms with Gasteiger partial charge in [0.25, 0.3) is 5.91 Å². The fourth-order valence-corrected chi connectivity index (χ4v) is 2.48. The Balaban J connectivity index is 1.77. The van der Waals surface area contributed by atoms with Crippen molar-refractivity contribution in [3.8, 4) is 11.5 Å². The van der Waals surface area contributed by atoms with Crippen LogP contribution >= 0.6 is 0 Å². The topological polar surface area (TPSA) is 81.2 Å². The van der Waals surface area contributed by atoms with Crippen LogP contribution in [0.25, 0.3) is 11.5 Å². The number of nitrogens with zero attached hydrogens (tertiary/aromatic N) is 1. The Morgan fingerprint density at radius 2 is 2.29 bits per heavy atom. The first-order chi connectivity index (χ1) is 10.2. The molecule has 5 heteroatoms. The molecule has 1 saturated carbocycles. The minimum absolute atomic E-state index is 0.0710. The Morgan fingerprint density at radius 3 is 2.86 bits per heavy atom. The molecule has 1 atom stereocenters. The van der Waals surface area contributed by atoms with Gasteiger partial charge in [-0.3, -0.25) is 4.79 Å². The molecule has 0 bridgehead atoms. The molecule has 0 spiro atoms. The summed E-state index contributed by atoms with van der Waals surface area (Å²) in [5.41, 5.74) is 7.73. The van der Waals surface area contributed by atoms with E-state index in [1.807, 2.05) is 19.1 Å². The van der Waals surface area contributed by atoms with Gasteiger partial charge in [-0.1, -0.05) is 0 Å². The van der Waals surface area contributed by atoms with Crippen molar-refractivity contribution >= 4 is 5.91 Å². The van der Waals surface area contributed by atoms with Crippen LogP contribution in [-0.2, 0) is 0 Å². The SMILES string of the molecule is Cc1nc(-c2ccco2)ccc1C(=O)NC(CN)C1CC1. The Morgan fingerprint density at radius 1 is 1.48 bits per heavy atom. The fourth-order valence-electron chi connectivity index (χ4n) is 2.48. The van der Waals surface area contributed by atoms with Gasteiger partial charge < -0.3 is 15.5 Å². The molecule has 1 aliphatic carbocycles. The van der Waals surface area contributed by atoms with Gasteiger partial charge in [0.2, 0.25) is 0 Å². The van der Waals surface area contributed by atoms with Crippen molar-refractivity contribution < 1.29 is 9.21 Å². The molecule has 3 N–H and O–H groups in total. The normalized spacial score (nSPS) is 15.7. The van der Waals surface area contributed by atoms with Crippen molar-refractivity contribution in [2.45, 2.75) is 25.8 Å². The Bertz CT molecular complexity index is 633. The summed E-state index contributed by atoms with van der Waals surface area (Å²) in [7, 11) is 0. The van der Waals surface area contributed by atoms with E-state index in [9.17, 15) is 4.79 Å². The quantitative estimate of drug-likeness (QED) is 0.881. The highest BCUT2D eigenvalue weighted by Crippen LogP contribution is 2.32. The fraction of sp³-hybridized carbons (Fsp3) is 0.375. The Labute approximate surface area is 123 Å². The number of amides is 1. The van der Waals surface area contributed by atoms with Gasteiger partial charge >= 0.3 is 0 Å². The van der Waals surface area contributed by atoms with Crippen LogP contribution in [0.4, 0.5) is 0 Å². The molecule has 2 aromatic rings. The summed E-state index contributed by atoms with van der Waals surface area (Å²) < 4.78 is 5.32. The maximum Gasteiger partial charge on any atom is 0.253 e. The van der Waals surface area contributed by atoms with E-state index < -0.39 is 0 Å². The molecule has 0 aliphatic heterocycles. The minimum atomic E-state index is -0.103. The van der Waals surface area contributed by atoms with E-state index in [1.54, 1.807) is 18.4 Å². The van der Waals surface area contributed by atoms with E-state index in [-0.39, 0.29) is 11.9 Å². The maximum absolute atomic E-state index is 12.3.